The van der Waals surface area contributed by atoms with Gasteiger partial charge in [-0.2, -0.15) is 0 Å². The fraction of sp³-hybridized carbons (Fsp3) is 0.158. The molecule has 3 aromatic rings. The van der Waals surface area contributed by atoms with Crippen LogP contribution in [0.1, 0.15) is 27.9 Å². The molecule has 0 spiro atoms. The first-order valence-corrected chi connectivity index (χ1v) is 8.97. The van der Waals surface area contributed by atoms with Crippen LogP contribution in [-0.2, 0) is 13.0 Å². The third kappa shape index (κ3) is 4.18. The highest BCUT2D eigenvalue weighted by Crippen LogP contribution is 2.30. The lowest BCUT2D eigenvalue weighted by Gasteiger charge is -2.07. The van der Waals surface area contributed by atoms with Crippen molar-refractivity contribution in [2.45, 2.75) is 20.0 Å². The molecule has 0 aliphatic heterocycles. The summed E-state index contributed by atoms with van der Waals surface area (Å²) in [6, 6.07) is 15.0. The maximum absolute atomic E-state index is 11.3. The number of carbonyl (C=O) groups is 1. The number of hydrogen-bond acceptors (Lipinski definition) is 4. The highest BCUT2D eigenvalue weighted by Gasteiger charge is 2.16. The minimum atomic E-state index is -0.927. The predicted octanol–water partition coefficient (Wildman–Crippen LogP) is 5.30. The molecule has 25 heavy (non-hydrogen) atoms. The molecule has 4 nitrogen and oxygen atoms in total. The van der Waals surface area contributed by atoms with Gasteiger partial charge in [-0.25, -0.2) is 9.78 Å². The molecule has 2 aromatic carbocycles. The molecule has 0 aliphatic rings. The number of ether oxygens (including phenoxy) is 1. The molecule has 0 fully saturated rings. The van der Waals surface area contributed by atoms with Crippen molar-refractivity contribution in [3.05, 3.63) is 69.7 Å². The molecule has 0 amide bonds. The van der Waals surface area contributed by atoms with Crippen molar-refractivity contribution in [2.24, 2.45) is 0 Å². The summed E-state index contributed by atoms with van der Waals surface area (Å²) < 4.78 is 5.76. The lowest BCUT2D eigenvalue weighted by Crippen LogP contribution is -1.97. The van der Waals surface area contributed by atoms with Gasteiger partial charge in [-0.1, -0.05) is 30.7 Å². The van der Waals surface area contributed by atoms with Gasteiger partial charge in [-0.3, -0.25) is 0 Å². The quantitative estimate of drug-likeness (QED) is 0.636. The van der Waals surface area contributed by atoms with E-state index in [1.165, 1.54) is 11.3 Å². The molecule has 1 N–H and O–H groups in total. The van der Waals surface area contributed by atoms with E-state index in [4.69, 9.17) is 16.3 Å². The van der Waals surface area contributed by atoms with Crippen molar-refractivity contribution in [3.8, 4) is 16.3 Å². The van der Waals surface area contributed by atoms with Crippen molar-refractivity contribution in [1.29, 1.82) is 0 Å². The van der Waals surface area contributed by atoms with Crippen LogP contribution >= 0.6 is 22.9 Å². The Morgan fingerprint density at radius 1 is 1.16 bits per heavy atom. The molecule has 3 rings (SSSR count). The van der Waals surface area contributed by atoms with E-state index in [2.05, 4.69) is 4.98 Å². The number of rotatable bonds is 6. The Morgan fingerprint density at radius 3 is 2.40 bits per heavy atom. The average Bonchev–Trinajstić information content (AvgIpc) is 3.06. The third-order valence-corrected chi connectivity index (χ3v) is 5.03. The van der Waals surface area contributed by atoms with E-state index < -0.39 is 5.97 Å². The number of nitrogens with zero attached hydrogens (tertiary/aromatic N) is 1. The van der Waals surface area contributed by atoms with Gasteiger partial charge < -0.3 is 9.84 Å². The topological polar surface area (TPSA) is 59.4 Å². The number of hydrogen-bond donors (Lipinski definition) is 1. The van der Waals surface area contributed by atoms with Gasteiger partial charge >= 0.3 is 5.97 Å². The highest BCUT2D eigenvalue weighted by molar-refractivity contribution is 7.17. The highest BCUT2D eigenvalue weighted by atomic mass is 35.5. The summed E-state index contributed by atoms with van der Waals surface area (Å²) in [6.07, 6.45) is 0.598. The van der Waals surface area contributed by atoms with Gasteiger partial charge in [0.1, 0.15) is 22.2 Å². The zero-order valence-electron chi connectivity index (χ0n) is 13.5. The standard InChI is InChI=1S/C19H16ClNO3S/c1-2-16-17(19(22)23)25-18(21-16)13-5-9-15(10-6-13)24-11-12-3-7-14(20)8-4-12/h3-10H,2,11H2,1H3,(H,22,23). The molecular weight excluding hydrogens is 358 g/mol. The lowest BCUT2D eigenvalue weighted by atomic mass is 10.2. The van der Waals surface area contributed by atoms with Crippen LogP contribution in [0, 0.1) is 0 Å². The van der Waals surface area contributed by atoms with Crippen LogP contribution in [-0.4, -0.2) is 16.1 Å². The van der Waals surface area contributed by atoms with Gasteiger partial charge in [0, 0.05) is 10.6 Å². The van der Waals surface area contributed by atoms with E-state index in [1.807, 2.05) is 55.5 Å². The Balaban J connectivity index is 1.71. The van der Waals surface area contributed by atoms with Crippen LogP contribution in [0.2, 0.25) is 5.02 Å². The Bertz CT molecular complexity index is 873. The first kappa shape index (κ1) is 17.5. The first-order chi connectivity index (χ1) is 12.1. The molecule has 6 heteroatoms. The Hall–Kier alpha value is -2.37. The van der Waals surface area contributed by atoms with Gasteiger partial charge in [-0.15, -0.1) is 11.3 Å². The number of benzene rings is 2. The zero-order valence-corrected chi connectivity index (χ0v) is 15.1. The smallest absolute Gasteiger partial charge is 0.347 e. The van der Waals surface area contributed by atoms with Crippen LogP contribution in [0.25, 0.3) is 10.6 Å². The van der Waals surface area contributed by atoms with Gasteiger partial charge in [0.05, 0.1) is 5.69 Å². The molecule has 0 unspecified atom stereocenters. The third-order valence-electron chi connectivity index (χ3n) is 3.65. The van der Waals surface area contributed by atoms with Crippen molar-refractivity contribution in [2.75, 3.05) is 0 Å². The normalized spacial score (nSPS) is 10.6. The largest absolute Gasteiger partial charge is 0.489 e. The van der Waals surface area contributed by atoms with Crippen molar-refractivity contribution >= 4 is 28.9 Å². The Labute approximate surface area is 154 Å². The molecule has 0 bridgehead atoms. The molecule has 0 radical (unpaired) electrons. The van der Waals surface area contributed by atoms with E-state index in [0.29, 0.717) is 33.6 Å². The summed E-state index contributed by atoms with van der Waals surface area (Å²) >= 11 is 7.06. The lowest BCUT2D eigenvalue weighted by molar-refractivity contribution is 0.0701. The van der Waals surface area contributed by atoms with Crippen molar-refractivity contribution in [3.63, 3.8) is 0 Å². The summed E-state index contributed by atoms with van der Waals surface area (Å²) in [6.45, 7) is 2.36. The monoisotopic (exact) mass is 373 g/mol. The predicted molar refractivity (Wildman–Crippen MR) is 99.7 cm³/mol. The number of carboxylic acids is 1. The van der Waals surface area contributed by atoms with Crippen molar-refractivity contribution in [1.82, 2.24) is 4.98 Å². The maximum atomic E-state index is 11.3. The van der Waals surface area contributed by atoms with Crippen LogP contribution in [0.15, 0.2) is 48.5 Å². The number of aryl methyl sites for hydroxylation is 1. The fourth-order valence-electron chi connectivity index (χ4n) is 2.32. The SMILES string of the molecule is CCc1nc(-c2ccc(OCc3ccc(Cl)cc3)cc2)sc1C(=O)O. The summed E-state index contributed by atoms with van der Waals surface area (Å²) in [5, 5.41) is 10.6. The molecule has 0 saturated heterocycles. The van der Waals surface area contributed by atoms with E-state index in [1.54, 1.807) is 0 Å². The maximum Gasteiger partial charge on any atom is 0.347 e. The molecule has 1 heterocycles. The van der Waals surface area contributed by atoms with E-state index in [0.717, 1.165) is 16.9 Å². The minimum Gasteiger partial charge on any atom is -0.489 e. The second kappa shape index (κ2) is 7.68. The summed E-state index contributed by atoms with van der Waals surface area (Å²) in [7, 11) is 0. The number of carboxylic acid groups (broad SMARTS) is 1. The number of aromatic carboxylic acids is 1. The summed E-state index contributed by atoms with van der Waals surface area (Å²) in [4.78, 5) is 16.0. The minimum absolute atomic E-state index is 0.306. The van der Waals surface area contributed by atoms with Crippen molar-refractivity contribution < 1.29 is 14.6 Å². The Morgan fingerprint density at radius 2 is 1.84 bits per heavy atom. The number of aromatic nitrogens is 1. The molecular formula is C19H16ClNO3S. The second-order valence-electron chi connectivity index (χ2n) is 5.39. The Kier molecular flexibility index (Phi) is 5.36. The molecule has 0 saturated carbocycles. The van der Waals surface area contributed by atoms with E-state index in [9.17, 15) is 9.90 Å². The fourth-order valence-corrected chi connectivity index (χ4v) is 3.45. The van der Waals surface area contributed by atoms with Crippen LogP contribution in [0.3, 0.4) is 0 Å². The van der Waals surface area contributed by atoms with E-state index >= 15 is 0 Å². The molecule has 128 valence electrons. The molecule has 0 aliphatic carbocycles. The summed E-state index contributed by atoms with van der Waals surface area (Å²) in [5.41, 5.74) is 2.54. The summed E-state index contributed by atoms with van der Waals surface area (Å²) in [5.74, 6) is -0.187. The van der Waals surface area contributed by atoms with Crippen LogP contribution in [0.5, 0.6) is 5.75 Å². The van der Waals surface area contributed by atoms with Gasteiger partial charge in [0.25, 0.3) is 0 Å². The van der Waals surface area contributed by atoms with Gasteiger partial charge in [-0.05, 0) is 48.4 Å². The number of thiazole rings is 1. The zero-order chi connectivity index (χ0) is 17.8. The average molecular weight is 374 g/mol. The van der Waals surface area contributed by atoms with Gasteiger partial charge in [0.15, 0.2) is 0 Å². The van der Waals surface area contributed by atoms with Gasteiger partial charge in [0.2, 0.25) is 0 Å². The first-order valence-electron chi connectivity index (χ1n) is 7.77. The molecule has 0 atom stereocenters. The van der Waals surface area contributed by atoms with Crippen LogP contribution < -0.4 is 4.74 Å². The second-order valence-corrected chi connectivity index (χ2v) is 6.83. The van der Waals surface area contributed by atoms with E-state index in [-0.39, 0.29) is 0 Å². The van der Waals surface area contributed by atoms with Crippen LogP contribution in [0.4, 0.5) is 0 Å². The number of halogens is 1. The molecule has 1 aromatic heterocycles.